The molecule has 0 bridgehead atoms. The van der Waals surface area contributed by atoms with E-state index >= 15 is 0 Å². The first-order valence-corrected chi connectivity index (χ1v) is 6.19. The van der Waals surface area contributed by atoms with Crippen molar-refractivity contribution >= 4 is 43.3 Å². The molecule has 0 aliphatic carbocycles. The quantitative estimate of drug-likeness (QED) is 0.634. The summed E-state index contributed by atoms with van der Waals surface area (Å²) >= 11 is 3.62. The molecule has 84 valence electrons. The summed E-state index contributed by atoms with van der Waals surface area (Å²) in [6, 6.07) is 10.4. The van der Waals surface area contributed by atoms with Crippen LogP contribution in [0.15, 0.2) is 41.0 Å². The molecule has 1 aromatic heterocycles. The first-order valence-electron chi connectivity index (χ1n) is 5.40. The number of rotatable bonds is 0. The molecule has 0 amide bonds. The Morgan fingerprint density at radius 1 is 1.12 bits per heavy atom. The van der Waals surface area contributed by atoms with Gasteiger partial charge in [-0.15, -0.1) is 0 Å². The van der Waals surface area contributed by atoms with E-state index in [4.69, 9.17) is 5.73 Å². The molecule has 0 fully saturated rings. The van der Waals surface area contributed by atoms with Crippen LogP contribution in [0.25, 0.3) is 21.5 Å². The molecule has 3 heteroatoms. The maximum Gasteiger partial charge on any atom is 0.131 e. The molecular weight excluding hydrogens is 276 g/mol. The molecule has 0 unspecified atom stereocenters. The van der Waals surface area contributed by atoms with Crippen LogP contribution in [-0.4, -0.2) is 4.98 Å². The summed E-state index contributed by atoms with van der Waals surface area (Å²) in [5, 5.41) is 4.47. The van der Waals surface area contributed by atoms with Crippen LogP contribution in [0.5, 0.6) is 0 Å². The van der Waals surface area contributed by atoms with Crippen LogP contribution in [0.2, 0.25) is 0 Å². The van der Waals surface area contributed by atoms with Gasteiger partial charge in [-0.2, -0.15) is 0 Å². The van der Waals surface area contributed by atoms with Gasteiger partial charge in [0.1, 0.15) is 5.82 Å². The zero-order valence-electron chi connectivity index (χ0n) is 9.37. The molecule has 3 rings (SSSR count). The molecular formula is C14H11BrN2. The lowest BCUT2D eigenvalue weighted by Crippen LogP contribution is -1.92. The van der Waals surface area contributed by atoms with Crippen LogP contribution in [0.3, 0.4) is 0 Å². The number of aryl methyl sites for hydroxylation is 1. The molecule has 0 spiro atoms. The minimum Gasteiger partial charge on any atom is -0.383 e. The van der Waals surface area contributed by atoms with Gasteiger partial charge in [0.15, 0.2) is 0 Å². The maximum atomic E-state index is 5.98. The second-order valence-electron chi connectivity index (χ2n) is 4.20. The summed E-state index contributed by atoms with van der Waals surface area (Å²) in [6.45, 7) is 2.09. The Morgan fingerprint density at radius 2 is 1.94 bits per heavy atom. The van der Waals surface area contributed by atoms with Crippen LogP contribution >= 0.6 is 15.9 Å². The number of hydrogen-bond donors (Lipinski definition) is 1. The average Bonchev–Trinajstić information content (AvgIpc) is 2.30. The summed E-state index contributed by atoms with van der Waals surface area (Å²) in [4.78, 5) is 4.17. The second kappa shape index (κ2) is 3.70. The third kappa shape index (κ3) is 1.58. The van der Waals surface area contributed by atoms with Crippen molar-refractivity contribution in [2.75, 3.05) is 5.73 Å². The number of hydrogen-bond acceptors (Lipinski definition) is 2. The van der Waals surface area contributed by atoms with E-state index in [0.717, 1.165) is 20.6 Å². The van der Waals surface area contributed by atoms with E-state index in [9.17, 15) is 0 Å². The number of fused-ring (bicyclic) bond motifs is 3. The van der Waals surface area contributed by atoms with Crippen molar-refractivity contribution in [1.82, 2.24) is 4.98 Å². The number of nitrogen functional groups attached to an aromatic ring is 1. The van der Waals surface area contributed by atoms with Gasteiger partial charge in [0.25, 0.3) is 0 Å². The fourth-order valence-corrected chi connectivity index (χ4v) is 2.77. The predicted octanol–water partition coefficient (Wildman–Crippen LogP) is 4.04. The number of pyridine rings is 1. The van der Waals surface area contributed by atoms with Crippen LogP contribution in [-0.2, 0) is 0 Å². The molecule has 17 heavy (non-hydrogen) atoms. The van der Waals surface area contributed by atoms with E-state index < -0.39 is 0 Å². The van der Waals surface area contributed by atoms with Gasteiger partial charge in [0, 0.05) is 16.1 Å². The Balaban J connectivity index is 2.63. The van der Waals surface area contributed by atoms with Crippen molar-refractivity contribution in [2.24, 2.45) is 0 Å². The third-order valence-electron chi connectivity index (χ3n) is 3.00. The SMILES string of the molecule is Cc1ccc2c(c1)c(Br)cc1ccnc(N)c12. The Kier molecular flexibility index (Phi) is 2.30. The molecule has 2 aromatic carbocycles. The Morgan fingerprint density at radius 3 is 2.76 bits per heavy atom. The number of nitrogens with two attached hydrogens (primary N) is 1. The van der Waals surface area contributed by atoms with Gasteiger partial charge >= 0.3 is 0 Å². The Bertz CT molecular complexity index is 735. The summed E-state index contributed by atoms with van der Waals surface area (Å²) in [5.41, 5.74) is 7.22. The van der Waals surface area contributed by atoms with E-state index in [1.54, 1.807) is 6.20 Å². The van der Waals surface area contributed by atoms with Crippen molar-refractivity contribution in [3.63, 3.8) is 0 Å². The highest BCUT2D eigenvalue weighted by atomic mass is 79.9. The molecule has 0 radical (unpaired) electrons. The number of anilines is 1. The van der Waals surface area contributed by atoms with Crippen molar-refractivity contribution in [2.45, 2.75) is 6.92 Å². The van der Waals surface area contributed by atoms with Gasteiger partial charge in [-0.05, 0) is 35.2 Å². The van der Waals surface area contributed by atoms with Gasteiger partial charge in [0.2, 0.25) is 0 Å². The summed E-state index contributed by atoms with van der Waals surface area (Å²) in [5.74, 6) is 0.587. The number of halogens is 1. The van der Waals surface area contributed by atoms with Gasteiger partial charge < -0.3 is 5.73 Å². The molecule has 0 aliphatic heterocycles. The fraction of sp³-hybridized carbons (Fsp3) is 0.0714. The van der Waals surface area contributed by atoms with Crippen molar-refractivity contribution in [1.29, 1.82) is 0 Å². The molecule has 0 saturated carbocycles. The van der Waals surface area contributed by atoms with Gasteiger partial charge in [-0.25, -0.2) is 4.98 Å². The highest BCUT2D eigenvalue weighted by molar-refractivity contribution is 9.10. The van der Waals surface area contributed by atoms with Crippen LogP contribution in [0.1, 0.15) is 5.56 Å². The van der Waals surface area contributed by atoms with Crippen molar-refractivity contribution < 1.29 is 0 Å². The Hall–Kier alpha value is -1.61. The minimum absolute atomic E-state index is 0.587. The zero-order chi connectivity index (χ0) is 12.0. The monoisotopic (exact) mass is 286 g/mol. The standard InChI is InChI=1S/C14H11BrN2/c1-8-2-3-10-11(6-8)12(15)7-9-4-5-17-14(16)13(9)10/h2-7H,1H3,(H2,16,17). The molecule has 2 nitrogen and oxygen atoms in total. The number of benzene rings is 2. The summed E-state index contributed by atoms with van der Waals surface area (Å²) < 4.78 is 1.09. The average molecular weight is 287 g/mol. The fourth-order valence-electron chi connectivity index (χ4n) is 2.20. The van der Waals surface area contributed by atoms with E-state index in [0.29, 0.717) is 5.82 Å². The smallest absolute Gasteiger partial charge is 0.131 e. The van der Waals surface area contributed by atoms with E-state index in [-0.39, 0.29) is 0 Å². The lowest BCUT2D eigenvalue weighted by molar-refractivity contribution is 1.37. The second-order valence-corrected chi connectivity index (χ2v) is 5.06. The topological polar surface area (TPSA) is 38.9 Å². The highest BCUT2D eigenvalue weighted by Crippen LogP contribution is 2.34. The van der Waals surface area contributed by atoms with E-state index in [1.165, 1.54) is 10.9 Å². The molecule has 3 aromatic rings. The first kappa shape index (κ1) is 10.5. The Labute approximate surface area is 108 Å². The minimum atomic E-state index is 0.587. The molecule has 1 heterocycles. The molecule has 0 atom stereocenters. The first-order chi connectivity index (χ1) is 8.16. The summed E-state index contributed by atoms with van der Waals surface area (Å²) in [6.07, 6.45) is 1.74. The van der Waals surface area contributed by atoms with Crippen molar-refractivity contribution in [3.05, 3.63) is 46.6 Å². The van der Waals surface area contributed by atoms with Gasteiger partial charge in [0.05, 0.1) is 0 Å². The van der Waals surface area contributed by atoms with E-state index in [2.05, 4.69) is 52.1 Å². The van der Waals surface area contributed by atoms with E-state index in [1.807, 2.05) is 6.07 Å². The van der Waals surface area contributed by atoms with Crippen LogP contribution in [0, 0.1) is 6.92 Å². The molecule has 0 aliphatic rings. The van der Waals surface area contributed by atoms with Crippen LogP contribution < -0.4 is 5.73 Å². The lowest BCUT2D eigenvalue weighted by Gasteiger charge is -2.08. The lowest BCUT2D eigenvalue weighted by atomic mass is 10.0. The normalized spacial score (nSPS) is 11.2. The number of nitrogens with zero attached hydrogens (tertiary/aromatic N) is 1. The predicted molar refractivity (Wildman–Crippen MR) is 76.1 cm³/mol. The summed E-state index contributed by atoms with van der Waals surface area (Å²) in [7, 11) is 0. The maximum absolute atomic E-state index is 5.98. The molecule has 0 saturated heterocycles. The largest absolute Gasteiger partial charge is 0.383 e. The third-order valence-corrected chi connectivity index (χ3v) is 3.65. The highest BCUT2D eigenvalue weighted by Gasteiger charge is 2.07. The molecule has 2 N–H and O–H groups in total. The van der Waals surface area contributed by atoms with Gasteiger partial charge in [-0.3, -0.25) is 0 Å². The van der Waals surface area contributed by atoms with Crippen molar-refractivity contribution in [3.8, 4) is 0 Å². The van der Waals surface area contributed by atoms with Gasteiger partial charge in [-0.1, -0.05) is 39.7 Å². The number of aromatic nitrogens is 1. The zero-order valence-corrected chi connectivity index (χ0v) is 11.0. The van der Waals surface area contributed by atoms with Crippen LogP contribution in [0.4, 0.5) is 5.82 Å².